The van der Waals surface area contributed by atoms with Gasteiger partial charge < -0.3 is 18.3 Å². The van der Waals surface area contributed by atoms with Crippen LogP contribution < -0.4 is 0 Å². The molecule has 0 aliphatic carbocycles. The number of hydrogen-bond donors (Lipinski definition) is 0. The lowest BCUT2D eigenvalue weighted by Gasteiger charge is -2.29. The molecule has 0 aromatic carbocycles. The van der Waals surface area contributed by atoms with Gasteiger partial charge in [-0.15, -0.1) is 0 Å². The van der Waals surface area contributed by atoms with E-state index in [0.29, 0.717) is 6.79 Å². The molecule has 0 saturated carbocycles. The molecule has 1 heterocycles. The van der Waals surface area contributed by atoms with Crippen molar-refractivity contribution in [3.8, 4) is 0 Å². The van der Waals surface area contributed by atoms with E-state index in [-0.39, 0.29) is 6.29 Å². The third-order valence-electron chi connectivity index (χ3n) is 2.41. The van der Waals surface area contributed by atoms with Crippen LogP contribution >= 0.6 is 0 Å². The topological polar surface area (TPSA) is 36.9 Å². The highest BCUT2D eigenvalue weighted by Gasteiger charge is 2.29. The van der Waals surface area contributed by atoms with E-state index in [1.807, 2.05) is 0 Å². The average Bonchev–Trinajstić information content (AvgIpc) is 2.10. The average molecular weight is 220 g/mol. The zero-order valence-electron chi connectivity index (χ0n) is 9.25. The lowest BCUT2D eigenvalue weighted by Crippen LogP contribution is -2.39. The zero-order valence-corrected chi connectivity index (χ0v) is 10.2. The first-order valence-electron chi connectivity index (χ1n) is 5.12. The van der Waals surface area contributed by atoms with Crippen molar-refractivity contribution in [2.75, 3.05) is 20.5 Å². The molecule has 1 fully saturated rings. The minimum atomic E-state index is -1.96. The first-order valence-corrected chi connectivity index (χ1v) is 7.65. The van der Waals surface area contributed by atoms with E-state index in [1.54, 1.807) is 7.11 Å². The minimum Gasteiger partial charge on any atom is -0.398 e. The summed E-state index contributed by atoms with van der Waals surface area (Å²) in [5.41, 5.74) is 0. The summed E-state index contributed by atoms with van der Waals surface area (Å²) in [6.45, 7) is 5.28. The largest absolute Gasteiger partial charge is 0.398 e. The van der Waals surface area contributed by atoms with Crippen molar-refractivity contribution in [2.45, 2.75) is 38.6 Å². The Morgan fingerprint density at radius 2 is 2.21 bits per heavy atom. The lowest BCUT2D eigenvalue weighted by molar-refractivity contribution is -0.239. The predicted octanol–water partition coefficient (Wildman–Crippen LogP) is 1.85. The SMILES string of the molecule is CCC[Si](C)(OC)OCOC1CCO1. The Morgan fingerprint density at radius 3 is 2.64 bits per heavy atom. The first-order chi connectivity index (χ1) is 6.70. The van der Waals surface area contributed by atoms with Crippen molar-refractivity contribution in [3.05, 3.63) is 0 Å². The summed E-state index contributed by atoms with van der Waals surface area (Å²) < 4.78 is 21.5. The van der Waals surface area contributed by atoms with Gasteiger partial charge in [0.05, 0.1) is 6.61 Å². The molecular weight excluding hydrogens is 200 g/mol. The van der Waals surface area contributed by atoms with Crippen LogP contribution in [0.5, 0.6) is 0 Å². The molecule has 0 radical (unpaired) electrons. The third kappa shape index (κ3) is 3.66. The van der Waals surface area contributed by atoms with Crippen molar-refractivity contribution >= 4 is 8.56 Å². The Balaban J connectivity index is 2.12. The van der Waals surface area contributed by atoms with Crippen molar-refractivity contribution < 1.29 is 18.3 Å². The number of ether oxygens (including phenoxy) is 2. The van der Waals surface area contributed by atoms with Crippen LogP contribution in [0.4, 0.5) is 0 Å². The van der Waals surface area contributed by atoms with Gasteiger partial charge in [-0.3, -0.25) is 0 Å². The van der Waals surface area contributed by atoms with E-state index in [9.17, 15) is 0 Å². The van der Waals surface area contributed by atoms with Crippen LogP contribution in [-0.4, -0.2) is 35.4 Å². The van der Waals surface area contributed by atoms with Gasteiger partial charge in [0.2, 0.25) is 0 Å². The van der Waals surface area contributed by atoms with Crippen LogP contribution in [0.15, 0.2) is 0 Å². The van der Waals surface area contributed by atoms with Crippen molar-refractivity contribution in [3.63, 3.8) is 0 Å². The Kier molecular flexibility index (Phi) is 5.04. The van der Waals surface area contributed by atoms with Gasteiger partial charge in [-0.2, -0.15) is 0 Å². The molecule has 1 rings (SSSR count). The van der Waals surface area contributed by atoms with E-state index in [0.717, 1.165) is 25.5 Å². The van der Waals surface area contributed by atoms with Crippen LogP contribution in [0.2, 0.25) is 12.6 Å². The van der Waals surface area contributed by atoms with Crippen LogP contribution in [0.1, 0.15) is 19.8 Å². The fraction of sp³-hybridized carbons (Fsp3) is 1.00. The monoisotopic (exact) mass is 220 g/mol. The zero-order chi connectivity index (χ0) is 10.4. The van der Waals surface area contributed by atoms with Gasteiger partial charge in [0, 0.05) is 13.5 Å². The second-order valence-corrected chi connectivity index (χ2v) is 7.07. The molecule has 0 spiro atoms. The van der Waals surface area contributed by atoms with Gasteiger partial charge in [-0.05, 0) is 12.6 Å². The molecule has 14 heavy (non-hydrogen) atoms. The first kappa shape index (κ1) is 12.1. The molecule has 84 valence electrons. The third-order valence-corrected chi connectivity index (χ3v) is 5.41. The Hall–Kier alpha value is 0.0569. The molecule has 1 saturated heterocycles. The van der Waals surface area contributed by atoms with Gasteiger partial charge in [-0.1, -0.05) is 13.3 Å². The summed E-state index contributed by atoms with van der Waals surface area (Å²) in [6, 6.07) is 0.998. The summed E-state index contributed by atoms with van der Waals surface area (Å²) in [6.07, 6.45) is 2.01. The fourth-order valence-corrected chi connectivity index (χ4v) is 2.96. The lowest BCUT2D eigenvalue weighted by atomic mass is 10.3. The molecule has 1 aliphatic rings. The van der Waals surface area contributed by atoms with Crippen molar-refractivity contribution in [2.24, 2.45) is 0 Å². The fourth-order valence-electron chi connectivity index (χ4n) is 1.27. The molecule has 0 N–H and O–H groups in total. The maximum Gasteiger partial charge on any atom is 0.336 e. The van der Waals surface area contributed by atoms with Gasteiger partial charge in [0.15, 0.2) is 6.29 Å². The van der Waals surface area contributed by atoms with E-state index in [2.05, 4.69) is 13.5 Å². The summed E-state index contributed by atoms with van der Waals surface area (Å²) >= 11 is 0. The summed E-state index contributed by atoms with van der Waals surface area (Å²) in [7, 11) is -0.249. The summed E-state index contributed by atoms with van der Waals surface area (Å²) in [5.74, 6) is 0. The van der Waals surface area contributed by atoms with E-state index >= 15 is 0 Å². The molecular formula is C9H20O4Si. The molecule has 0 aromatic rings. The molecule has 2 unspecified atom stereocenters. The van der Waals surface area contributed by atoms with Gasteiger partial charge >= 0.3 is 8.56 Å². The smallest absolute Gasteiger partial charge is 0.336 e. The second kappa shape index (κ2) is 5.82. The number of rotatable bonds is 7. The highest BCUT2D eigenvalue weighted by atomic mass is 28.4. The molecule has 2 atom stereocenters. The Morgan fingerprint density at radius 1 is 1.50 bits per heavy atom. The molecule has 0 bridgehead atoms. The standard InChI is InChI=1S/C9H20O4Si/c1-4-7-14(3,10-2)13-8-12-9-5-6-11-9/h9H,4-8H2,1-3H3. The maximum absolute atomic E-state index is 5.64. The van der Waals surface area contributed by atoms with Gasteiger partial charge in [-0.25, -0.2) is 0 Å². The van der Waals surface area contributed by atoms with Crippen LogP contribution in [0.3, 0.4) is 0 Å². The van der Waals surface area contributed by atoms with Gasteiger partial charge in [0.1, 0.15) is 6.79 Å². The van der Waals surface area contributed by atoms with E-state index < -0.39 is 8.56 Å². The highest BCUT2D eigenvalue weighted by molar-refractivity contribution is 6.65. The van der Waals surface area contributed by atoms with Crippen molar-refractivity contribution in [1.82, 2.24) is 0 Å². The predicted molar refractivity (Wildman–Crippen MR) is 55.1 cm³/mol. The second-order valence-electron chi connectivity index (χ2n) is 3.61. The van der Waals surface area contributed by atoms with Gasteiger partial charge in [0.25, 0.3) is 0 Å². The van der Waals surface area contributed by atoms with Crippen LogP contribution in [0, 0.1) is 0 Å². The quantitative estimate of drug-likeness (QED) is 0.485. The Bertz CT molecular complexity index is 163. The highest BCUT2D eigenvalue weighted by Crippen LogP contribution is 2.17. The summed E-state index contributed by atoms with van der Waals surface area (Å²) in [4.78, 5) is 0. The molecule has 0 amide bonds. The molecule has 0 aromatic heterocycles. The van der Waals surface area contributed by atoms with E-state index in [1.165, 1.54) is 0 Å². The normalized spacial score (nSPS) is 25.5. The Labute approximate surface area is 86.7 Å². The molecule has 5 heteroatoms. The number of hydrogen-bond acceptors (Lipinski definition) is 4. The van der Waals surface area contributed by atoms with Crippen LogP contribution in [0.25, 0.3) is 0 Å². The minimum absolute atomic E-state index is 0.0493. The maximum atomic E-state index is 5.64. The van der Waals surface area contributed by atoms with Crippen LogP contribution in [-0.2, 0) is 18.3 Å². The molecule has 4 nitrogen and oxygen atoms in total. The van der Waals surface area contributed by atoms with Crippen molar-refractivity contribution in [1.29, 1.82) is 0 Å². The summed E-state index contributed by atoms with van der Waals surface area (Å²) in [5, 5.41) is 0. The molecule has 1 aliphatic heterocycles. The van der Waals surface area contributed by atoms with E-state index in [4.69, 9.17) is 18.3 Å².